The fourth-order valence-electron chi connectivity index (χ4n) is 2.92. The van der Waals surface area contributed by atoms with Crippen LogP contribution >= 0.6 is 11.3 Å². The normalized spacial score (nSPS) is 11.7. The highest BCUT2D eigenvalue weighted by molar-refractivity contribution is 7.89. The molecule has 4 aromatic rings. The predicted molar refractivity (Wildman–Crippen MR) is 118 cm³/mol. The van der Waals surface area contributed by atoms with Crippen LogP contribution in [0, 0.1) is 0 Å². The average Bonchev–Trinajstić information content (AvgIpc) is 3.42. The number of thiazole rings is 1. The van der Waals surface area contributed by atoms with Crippen molar-refractivity contribution in [3.05, 3.63) is 72.2 Å². The summed E-state index contributed by atoms with van der Waals surface area (Å²) in [6.07, 6.45) is 1.49. The first-order valence-corrected chi connectivity index (χ1v) is 11.5. The molecular formula is C21H19N3O5S2. The average molecular weight is 458 g/mol. The summed E-state index contributed by atoms with van der Waals surface area (Å²) in [6, 6.07) is 14.6. The first-order valence-electron chi connectivity index (χ1n) is 9.21. The minimum absolute atomic E-state index is 0.0881. The molecule has 160 valence electrons. The van der Waals surface area contributed by atoms with Crippen LogP contribution < -0.4 is 10.1 Å². The number of amides is 1. The Kier molecular flexibility index (Phi) is 5.77. The summed E-state index contributed by atoms with van der Waals surface area (Å²) in [5.41, 5.74) is 1.08. The zero-order valence-corrected chi connectivity index (χ0v) is 18.4. The summed E-state index contributed by atoms with van der Waals surface area (Å²) >= 11 is 1.33. The van der Waals surface area contributed by atoms with E-state index < -0.39 is 10.0 Å². The van der Waals surface area contributed by atoms with Crippen molar-refractivity contribution in [2.24, 2.45) is 0 Å². The molecule has 0 radical (unpaired) electrons. The number of carbonyl (C=O) groups excluding carboxylic acids is 1. The Morgan fingerprint density at radius 1 is 1.19 bits per heavy atom. The van der Waals surface area contributed by atoms with Crippen LogP contribution in [0.1, 0.15) is 16.1 Å². The standard InChI is InChI=1S/C21H19N3O5S2/c1-24(13-16-4-3-11-29-16)31(26,27)17-8-5-14(6-9-17)20(25)23-21-22-18-10-7-15(28-2)12-19(18)30-21/h3-12H,13H2,1-2H3,(H,22,23,25). The lowest BCUT2D eigenvalue weighted by Crippen LogP contribution is -2.26. The molecule has 10 heteroatoms. The van der Waals surface area contributed by atoms with Crippen molar-refractivity contribution in [3.63, 3.8) is 0 Å². The molecule has 1 N–H and O–H groups in total. The van der Waals surface area contributed by atoms with Gasteiger partial charge in [-0.1, -0.05) is 11.3 Å². The van der Waals surface area contributed by atoms with Crippen LogP contribution in [0.4, 0.5) is 5.13 Å². The summed E-state index contributed by atoms with van der Waals surface area (Å²) in [6.45, 7) is 0.111. The number of ether oxygens (including phenoxy) is 1. The predicted octanol–water partition coefficient (Wildman–Crippen LogP) is 3.97. The molecule has 4 rings (SSSR count). The van der Waals surface area contributed by atoms with E-state index in [4.69, 9.17) is 9.15 Å². The third-order valence-electron chi connectivity index (χ3n) is 4.60. The van der Waals surface area contributed by atoms with Gasteiger partial charge >= 0.3 is 0 Å². The van der Waals surface area contributed by atoms with Gasteiger partial charge in [0, 0.05) is 12.6 Å². The van der Waals surface area contributed by atoms with E-state index in [9.17, 15) is 13.2 Å². The minimum Gasteiger partial charge on any atom is -0.497 e. The molecular weight excluding hydrogens is 438 g/mol. The number of carbonyl (C=O) groups is 1. The molecule has 0 atom stereocenters. The highest BCUT2D eigenvalue weighted by Crippen LogP contribution is 2.29. The fourth-order valence-corrected chi connectivity index (χ4v) is 4.95. The molecule has 0 fully saturated rings. The number of hydrogen-bond acceptors (Lipinski definition) is 7. The smallest absolute Gasteiger partial charge is 0.257 e. The molecule has 0 saturated heterocycles. The largest absolute Gasteiger partial charge is 0.497 e. The number of fused-ring (bicyclic) bond motifs is 1. The number of anilines is 1. The van der Waals surface area contributed by atoms with Gasteiger partial charge in [-0.3, -0.25) is 10.1 Å². The summed E-state index contributed by atoms with van der Waals surface area (Å²) in [7, 11) is -0.661. The Hall–Kier alpha value is -3.21. The number of sulfonamides is 1. The lowest BCUT2D eigenvalue weighted by atomic mass is 10.2. The van der Waals surface area contributed by atoms with Crippen LogP contribution in [0.5, 0.6) is 5.75 Å². The van der Waals surface area contributed by atoms with Crippen molar-refractivity contribution in [1.82, 2.24) is 9.29 Å². The molecule has 0 aliphatic carbocycles. The van der Waals surface area contributed by atoms with Crippen LogP contribution in [-0.2, 0) is 16.6 Å². The van der Waals surface area contributed by atoms with Gasteiger partial charge in [0.05, 0.1) is 35.0 Å². The van der Waals surface area contributed by atoms with Gasteiger partial charge in [-0.25, -0.2) is 13.4 Å². The first kappa shape index (κ1) is 21.0. The number of benzene rings is 2. The van der Waals surface area contributed by atoms with Gasteiger partial charge in [-0.05, 0) is 54.6 Å². The molecule has 2 aromatic heterocycles. The maximum Gasteiger partial charge on any atom is 0.257 e. The summed E-state index contributed by atoms with van der Waals surface area (Å²) in [5, 5.41) is 3.20. The Balaban J connectivity index is 1.47. The summed E-state index contributed by atoms with van der Waals surface area (Å²) in [5.74, 6) is 0.872. The van der Waals surface area contributed by atoms with Gasteiger partial charge in [0.15, 0.2) is 5.13 Å². The molecule has 31 heavy (non-hydrogen) atoms. The van der Waals surface area contributed by atoms with Crippen molar-refractivity contribution >= 4 is 42.6 Å². The lowest BCUT2D eigenvalue weighted by Gasteiger charge is -2.16. The second-order valence-electron chi connectivity index (χ2n) is 6.67. The highest BCUT2D eigenvalue weighted by Gasteiger charge is 2.22. The van der Waals surface area contributed by atoms with Gasteiger partial charge in [0.2, 0.25) is 10.0 Å². The van der Waals surface area contributed by atoms with E-state index in [1.807, 2.05) is 12.1 Å². The Morgan fingerprint density at radius 2 is 1.97 bits per heavy atom. The van der Waals surface area contributed by atoms with E-state index >= 15 is 0 Å². The molecule has 0 aliphatic heterocycles. The van der Waals surface area contributed by atoms with Crippen LogP contribution in [0.3, 0.4) is 0 Å². The molecule has 2 aromatic carbocycles. The SMILES string of the molecule is COc1ccc2nc(NC(=O)c3ccc(S(=O)(=O)N(C)Cc4ccco4)cc3)sc2c1. The second kappa shape index (κ2) is 8.50. The van der Waals surface area contributed by atoms with E-state index in [0.717, 1.165) is 10.2 Å². The molecule has 0 spiro atoms. The monoisotopic (exact) mass is 457 g/mol. The number of furan rings is 1. The van der Waals surface area contributed by atoms with E-state index in [2.05, 4.69) is 10.3 Å². The summed E-state index contributed by atoms with van der Waals surface area (Å²) in [4.78, 5) is 17.1. The van der Waals surface area contributed by atoms with Crippen LogP contribution in [0.2, 0.25) is 0 Å². The van der Waals surface area contributed by atoms with Gasteiger partial charge in [0.25, 0.3) is 5.91 Å². The molecule has 8 nitrogen and oxygen atoms in total. The lowest BCUT2D eigenvalue weighted by molar-refractivity contribution is 0.102. The highest BCUT2D eigenvalue weighted by atomic mass is 32.2. The topological polar surface area (TPSA) is 102 Å². The summed E-state index contributed by atoms with van der Waals surface area (Å²) < 4.78 is 38.0. The third kappa shape index (κ3) is 4.46. The molecule has 0 bridgehead atoms. The van der Waals surface area contributed by atoms with Gasteiger partial charge in [-0.2, -0.15) is 4.31 Å². The van der Waals surface area contributed by atoms with E-state index in [1.165, 1.54) is 53.2 Å². The Labute approximate surface area is 183 Å². The van der Waals surface area contributed by atoms with Gasteiger partial charge < -0.3 is 9.15 Å². The van der Waals surface area contributed by atoms with Crippen molar-refractivity contribution in [2.75, 3.05) is 19.5 Å². The molecule has 0 unspecified atom stereocenters. The first-order chi connectivity index (χ1) is 14.9. The number of aromatic nitrogens is 1. The van der Waals surface area contributed by atoms with E-state index in [0.29, 0.717) is 22.2 Å². The number of nitrogens with one attached hydrogen (secondary N) is 1. The van der Waals surface area contributed by atoms with Crippen LogP contribution in [0.25, 0.3) is 10.2 Å². The molecule has 0 saturated carbocycles. The van der Waals surface area contributed by atoms with Gasteiger partial charge in [-0.15, -0.1) is 0 Å². The van der Waals surface area contributed by atoms with Crippen LogP contribution in [0.15, 0.2) is 70.2 Å². The third-order valence-corrected chi connectivity index (χ3v) is 7.35. The second-order valence-corrected chi connectivity index (χ2v) is 9.75. The number of methoxy groups -OCH3 is 1. The van der Waals surface area contributed by atoms with Crippen LogP contribution in [-0.4, -0.2) is 37.8 Å². The zero-order chi connectivity index (χ0) is 22.0. The maximum absolute atomic E-state index is 12.7. The quantitative estimate of drug-likeness (QED) is 0.451. The zero-order valence-electron chi connectivity index (χ0n) is 16.7. The Morgan fingerprint density at radius 3 is 2.65 bits per heavy atom. The van der Waals surface area contributed by atoms with Crippen molar-refractivity contribution in [1.29, 1.82) is 0 Å². The fraction of sp³-hybridized carbons (Fsp3) is 0.143. The van der Waals surface area contributed by atoms with Gasteiger partial charge in [0.1, 0.15) is 11.5 Å². The molecule has 0 aliphatic rings. The van der Waals surface area contributed by atoms with Crippen molar-refractivity contribution in [3.8, 4) is 5.75 Å². The van der Waals surface area contributed by atoms with E-state index in [-0.39, 0.29) is 17.3 Å². The Bertz CT molecular complexity index is 1310. The number of rotatable bonds is 7. The van der Waals surface area contributed by atoms with E-state index in [1.54, 1.807) is 25.3 Å². The molecule has 1 amide bonds. The number of nitrogens with zero attached hydrogens (tertiary/aromatic N) is 2. The van der Waals surface area contributed by atoms with Crippen molar-refractivity contribution < 1.29 is 22.4 Å². The maximum atomic E-state index is 12.7. The van der Waals surface area contributed by atoms with Crippen molar-refractivity contribution in [2.45, 2.75) is 11.4 Å². The minimum atomic E-state index is -3.72. The number of hydrogen-bond donors (Lipinski definition) is 1. The molecule has 2 heterocycles.